The molecule has 2 rings (SSSR count). The summed E-state index contributed by atoms with van der Waals surface area (Å²) < 4.78 is 11.1. The Morgan fingerprint density at radius 1 is 1.22 bits per heavy atom. The predicted molar refractivity (Wildman–Crippen MR) is 92.3 cm³/mol. The van der Waals surface area contributed by atoms with Crippen LogP contribution in [-0.2, 0) is 22.6 Å². The molecule has 4 nitrogen and oxygen atoms in total. The third-order valence-electron chi connectivity index (χ3n) is 4.31. The highest BCUT2D eigenvalue weighted by Crippen LogP contribution is 2.18. The van der Waals surface area contributed by atoms with Gasteiger partial charge in [0.15, 0.2) is 0 Å². The standard InChI is InChI=1S/C19H31NO3/c1-19(2,21)9-12-23-18-7-10-20(11-8-18)14-16-5-4-6-17(13-16)15-22-3/h4-6,13,18,21H,7-12,14-15H2,1-3H3. The maximum atomic E-state index is 9.72. The second kappa shape index (κ2) is 8.78. The molecular weight excluding hydrogens is 290 g/mol. The van der Waals surface area contributed by atoms with Gasteiger partial charge in [-0.05, 0) is 44.2 Å². The molecule has 1 N–H and O–H groups in total. The van der Waals surface area contributed by atoms with Crippen molar-refractivity contribution in [2.75, 3.05) is 26.8 Å². The number of piperidine rings is 1. The van der Waals surface area contributed by atoms with Crippen LogP contribution in [0.3, 0.4) is 0 Å². The van der Waals surface area contributed by atoms with E-state index in [0.717, 1.165) is 32.5 Å². The zero-order valence-electron chi connectivity index (χ0n) is 14.8. The van der Waals surface area contributed by atoms with Gasteiger partial charge >= 0.3 is 0 Å². The summed E-state index contributed by atoms with van der Waals surface area (Å²) in [5, 5.41) is 9.72. The number of hydrogen-bond acceptors (Lipinski definition) is 4. The molecule has 0 aliphatic carbocycles. The van der Waals surface area contributed by atoms with Crippen molar-refractivity contribution in [1.29, 1.82) is 0 Å². The lowest BCUT2D eigenvalue weighted by molar-refractivity contribution is -0.0251. The van der Waals surface area contributed by atoms with Crippen LogP contribution in [0.15, 0.2) is 24.3 Å². The highest BCUT2D eigenvalue weighted by molar-refractivity contribution is 5.23. The van der Waals surface area contributed by atoms with E-state index in [2.05, 4.69) is 29.2 Å². The average molecular weight is 321 g/mol. The Morgan fingerprint density at radius 3 is 2.57 bits per heavy atom. The Labute approximate surface area is 140 Å². The van der Waals surface area contributed by atoms with Gasteiger partial charge in [-0.1, -0.05) is 24.3 Å². The molecule has 0 bridgehead atoms. The number of ether oxygens (including phenoxy) is 2. The van der Waals surface area contributed by atoms with E-state index in [1.54, 1.807) is 7.11 Å². The third kappa shape index (κ3) is 7.00. The first-order valence-corrected chi connectivity index (χ1v) is 8.59. The number of methoxy groups -OCH3 is 1. The van der Waals surface area contributed by atoms with Crippen molar-refractivity contribution in [1.82, 2.24) is 4.90 Å². The Kier molecular flexibility index (Phi) is 7.03. The highest BCUT2D eigenvalue weighted by atomic mass is 16.5. The summed E-state index contributed by atoms with van der Waals surface area (Å²) in [4.78, 5) is 2.49. The van der Waals surface area contributed by atoms with Crippen LogP contribution < -0.4 is 0 Å². The molecule has 0 radical (unpaired) electrons. The minimum atomic E-state index is -0.631. The molecule has 1 aliphatic rings. The van der Waals surface area contributed by atoms with Crippen LogP contribution in [0.4, 0.5) is 0 Å². The Morgan fingerprint density at radius 2 is 1.91 bits per heavy atom. The number of aliphatic hydroxyl groups is 1. The molecule has 1 aliphatic heterocycles. The van der Waals surface area contributed by atoms with E-state index < -0.39 is 5.60 Å². The molecule has 0 spiro atoms. The first kappa shape index (κ1) is 18.4. The van der Waals surface area contributed by atoms with Crippen molar-refractivity contribution in [3.05, 3.63) is 35.4 Å². The van der Waals surface area contributed by atoms with E-state index in [4.69, 9.17) is 9.47 Å². The summed E-state index contributed by atoms with van der Waals surface area (Å²) in [6.07, 6.45) is 3.18. The van der Waals surface area contributed by atoms with Gasteiger partial charge in [-0.3, -0.25) is 4.90 Å². The fourth-order valence-electron chi connectivity index (χ4n) is 2.95. The molecule has 4 heteroatoms. The molecule has 0 unspecified atom stereocenters. The van der Waals surface area contributed by atoms with Crippen LogP contribution >= 0.6 is 0 Å². The maximum absolute atomic E-state index is 9.72. The number of rotatable bonds is 8. The van der Waals surface area contributed by atoms with Crippen LogP contribution in [0, 0.1) is 0 Å². The van der Waals surface area contributed by atoms with Crippen LogP contribution in [0.2, 0.25) is 0 Å². The molecule has 1 fully saturated rings. The lowest BCUT2D eigenvalue weighted by Crippen LogP contribution is -2.37. The first-order chi connectivity index (χ1) is 11.0. The molecule has 130 valence electrons. The zero-order chi connectivity index (χ0) is 16.7. The minimum Gasteiger partial charge on any atom is -0.390 e. The average Bonchev–Trinajstić information content (AvgIpc) is 2.49. The quantitative estimate of drug-likeness (QED) is 0.799. The van der Waals surface area contributed by atoms with Crippen LogP contribution in [-0.4, -0.2) is 48.5 Å². The van der Waals surface area contributed by atoms with Crippen LogP contribution in [0.5, 0.6) is 0 Å². The van der Waals surface area contributed by atoms with E-state index >= 15 is 0 Å². The number of likely N-dealkylation sites (tertiary alicyclic amines) is 1. The van der Waals surface area contributed by atoms with Gasteiger partial charge in [-0.25, -0.2) is 0 Å². The number of nitrogens with zero attached hydrogens (tertiary/aromatic N) is 1. The summed E-state index contributed by atoms with van der Waals surface area (Å²) in [7, 11) is 1.73. The lowest BCUT2D eigenvalue weighted by Gasteiger charge is -2.32. The van der Waals surface area contributed by atoms with Gasteiger partial charge in [0, 0.05) is 33.4 Å². The topological polar surface area (TPSA) is 41.9 Å². The van der Waals surface area contributed by atoms with Crippen LogP contribution in [0.1, 0.15) is 44.2 Å². The Balaban J connectivity index is 1.71. The van der Waals surface area contributed by atoms with E-state index in [9.17, 15) is 5.11 Å². The number of hydrogen-bond donors (Lipinski definition) is 1. The molecule has 23 heavy (non-hydrogen) atoms. The smallest absolute Gasteiger partial charge is 0.0713 e. The summed E-state index contributed by atoms with van der Waals surface area (Å²) in [5.41, 5.74) is 1.95. The summed E-state index contributed by atoms with van der Waals surface area (Å²) >= 11 is 0. The van der Waals surface area contributed by atoms with Gasteiger partial charge in [0.1, 0.15) is 0 Å². The summed E-state index contributed by atoms with van der Waals surface area (Å²) in [5.74, 6) is 0. The fraction of sp³-hybridized carbons (Fsp3) is 0.684. The van der Waals surface area contributed by atoms with E-state index in [1.165, 1.54) is 11.1 Å². The van der Waals surface area contributed by atoms with E-state index in [-0.39, 0.29) is 0 Å². The van der Waals surface area contributed by atoms with Crippen molar-refractivity contribution in [3.63, 3.8) is 0 Å². The van der Waals surface area contributed by atoms with Crippen molar-refractivity contribution in [2.24, 2.45) is 0 Å². The first-order valence-electron chi connectivity index (χ1n) is 8.59. The van der Waals surface area contributed by atoms with Gasteiger partial charge in [-0.2, -0.15) is 0 Å². The number of benzene rings is 1. The molecule has 0 saturated carbocycles. The summed E-state index contributed by atoms with van der Waals surface area (Å²) in [6, 6.07) is 8.63. The monoisotopic (exact) mass is 321 g/mol. The van der Waals surface area contributed by atoms with E-state index in [1.807, 2.05) is 13.8 Å². The second-order valence-electron chi connectivity index (χ2n) is 7.16. The lowest BCUT2D eigenvalue weighted by atomic mass is 10.0. The molecule has 1 aromatic rings. The molecular formula is C19H31NO3. The normalized spacial score (nSPS) is 17.6. The largest absolute Gasteiger partial charge is 0.390 e. The molecule has 0 atom stereocenters. The molecule has 1 heterocycles. The third-order valence-corrected chi connectivity index (χ3v) is 4.31. The molecule has 0 amide bonds. The van der Waals surface area contributed by atoms with Gasteiger partial charge in [0.05, 0.1) is 18.3 Å². The summed E-state index contributed by atoms with van der Waals surface area (Å²) in [6.45, 7) is 8.11. The Hall–Kier alpha value is -0.940. The zero-order valence-corrected chi connectivity index (χ0v) is 14.8. The SMILES string of the molecule is COCc1cccc(CN2CCC(OCCC(C)(C)O)CC2)c1. The van der Waals surface area contributed by atoms with Crippen molar-refractivity contribution < 1.29 is 14.6 Å². The van der Waals surface area contributed by atoms with Gasteiger partial charge < -0.3 is 14.6 Å². The molecule has 0 aromatic heterocycles. The van der Waals surface area contributed by atoms with Gasteiger partial charge in [0.2, 0.25) is 0 Å². The van der Waals surface area contributed by atoms with Crippen molar-refractivity contribution >= 4 is 0 Å². The van der Waals surface area contributed by atoms with E-state index in [0.29, 0.717) is 25.7 Å². The maximum Gasteiger partial charge on any atom is 0.0713 e. The van der Waals surface area contributed by atoms with Crippen molar-refractivity contribution in [2.45, 2.75) is 58.0 Å². The predicted octanol–water partition coefficient (Wildman–Crippen LogP) is 2.98. The molecule has 1 aromatic carbocycles. The van der Waals surface area contributed by atoms with Gasteiger partial charge in [0.25, 0.3) is 0 Å². The van der Waals surface area contributed by atoms with Crippen molar-refractivity contribution in [3.8, 4) is 0 Å². The second-order valence-corrected chi connectivity index (χ2v) is 7.16. The fourth-order valence-corrected chi connectivity index (χ4v) is 2.95. The minimum absolute atomic E-state index is 0.341. The van der Waals surface area contributed by atoms with Gasteiger partial charge in [-0.15, -0.1) is 0 Å². The Bertz CT molecular complexity index is 462. The highest BCUT2D eigenvalue weighted by Gasteiger charge is 2.21. The van der Waals surface area contributed by atoms with Crippen LogP contribution in [0.25, 0.3) is 0 Å². The molecule has 1 saturated heterocycles.